The van der Waals surface area contributed by atoms with Gasteiger partial charge in [0, 0.05) is 6.04 Å². The van der Waals surface area contributed by atoms with E-state index in [1.807, 2.05) is 0 Å². The molecule has 19 heavy (non-hydrogen) atoms. The first kappa shape index (κ1) is 15.4. The Morgan fingerprint density at radius 3 is 1.89 bits per heavy atom. The molecule has 0 radical (unpaired) electrons. The van der Waals surface area contributed by atoms with E-state index in [-0.39, 0.29) is 0 Å². The molecule has 1 heteroatoms. The highest BCUT2D eigenvalue weighted by Crippen LogP contribution is 2.45. The first-order chi connectivity index (χ1) is 9.21. The van der Waals surface area contributed by atoms with Crippen molar-refractivity contribution in [2.45, 2.75) is 103 Å². The first-order valence-electron chi connectivity index (χ1n) is 8.96. The molecule has 2 atom stereocenters. The van der Waals surface area contributed by atoms with Gasteiger partial charge in [0.25, 0.3) is 0 Å². The van der Waals surface area contributed by atoms with E-state index in [0.717, 1.165) is 5.92 Å². The van der Waals surface area contributed by atoms with Gasteiger partial charge in [0.2, 0.25) is 0 Å². The predicted octanol–water partition coefficient (Wildman–Crippen LogP) is 5.42. The van der Waals surface area contributed by atoms with Crippen LogP contribution in [0.2, 0.25) is 0 Å². The van der Waals surface area contributed by atoms with Gasteiger partial charge in [-0.15, -0.1) is 0 Å². The molecule has 0 aromatic rings. The van der Waals surface area contributed by atoms with E-state index in [1.54, 1.807) is 0 Å². The zero-order valence-electron chi connectivity index (χ0n) is 13.1. The normalized spacial score (nSPS) is 36.6. The topological polar surface area (TPSA) is 26.0 Å². The maximum absolute atomic E-state index is 6.34. The Morgan fingerprint density at radius 2 is 1.26 bits per heavy atom. The van der Waals surface area contributed by atoms with Crippen molar-refractivity contribution in [3.8, 4) is 0 Å². The van der Waals surface area contributed by atoms with Crippen LogP contribution in [0.25, 0.3) is 0 Å². The van der Waals surface area contributed by atoms with Crippen molar-refractivity contribution in [1.29, 1.82) is 0 Å². The average Bonchev–Trinajstić information content (AvgIpc) is 2.57. The second-order valence-corrected chi connectivity index (χ2v) is 7.61. The average molecular weight is 265 g/mol. The van der Waals surface area contributed by atoms with Crippen LogP contribution in [0.4, 0.5) is 0 Å². The molecule has 0 heterocycles. The van der Waals surface area contributed by atoms with Crippen LogP contribution in [0, 0.1) is 11.3 Å². The zero-order valence-corrected chi connectivity index (χ0v) is 13.1. The molecule has 0 bridgehead atoms. The highest BCUT2D eigenvalue weighted by atomic mass is 14.6. The van der Waals surface area contributed by atoms with E-state index in [0.29, 0.717) is 11.5 Å². The number of nitrogens with two attached hydrogens (primary N) is 1. The predicted molar refractivity (Wildman–Crippen MR) is 84.2 cm³/mol. The Hall–Kier alpha value is -0.0400. The van der Waals surface area contributed by atoms with Crippen molar-refractivity contribution in [1.82, 2.24) is 0 Å². The van der Waals surface area contributed by atoms with E-state index in [1.165, 1.54) is 89.9 Å². The zero-order chi connectivity index (χ0) is 13.6. The molecule has 2 N–H and O–H groups in total. The Kier molecular flexibility index (Phi) is 6.19. The lowest BCUT2D eigenvalue weighted by Gasteiger charge is -2.39. The van der Waals surface area contributed by atoms with Crippen LogP contribution in [0.3, 0.4) is 0 Å². The van der Waals surface area contributed by atoms with Gasteiger partial charge in [-0.3, -0.25) is 0 Å². The highest BCUT2D eigenvalue weighted by molar-refractivity contribution is 4.88. The monoisotopic (exact) mass is 265 g/mol. The van der Waals surface area contributed by atoms with Crippen LogP contribution in [0.15, 0.2) is 0 Å². The fraction of sp³-hybridized carbons (Fsp3) is 1.00. The van der Waals surface area contributed by atoms with Gasteiger partial charge < -0.3 is 5.73 Å². The fourth-order valence-corrected chi connectivity index (χ4v) is 4.62. The summed E-state index contributed by atoms with van der Waals surface area (Å²) in [5.41, 5.74) is 6.89. The number of hydrogen-bond donors (Lipinski definition) is 1. The summed E-state index contributed by atoms with van der Waals surface area (Å²) >= 11 is 0. The smallest absolute Gasteiger partial charge is 0.00441 e. The van der Waals surface area contributed by atoms with Gasteiger partial charge in [0.1, 0.15) is 0 Å². The number of hydrogen-bond acceptors (Lipinski definition) is 1. The summed E-state index contributed by atoms with van der Waals surface area (Å²) in [7, 11) is 0. The van der Waals surface area contributed by atoms with Gasteiger partial charge in [0.05, 0.1) is 0 Å². The maximum atomic E-state index is 6.34. The largest absolute Gasteiger partial charge is 0.328 e. The molecular formula is C18H35N. The van der Waals surface area contributed by atoms with Crippen LogP contribution >= 0.6 is 0 Å². The van der Waals surface area contributed by atoms with Crippen molar-refractivity contribution in [2.24, 2.45) is 17.1 Å². The molecule has 2 saturated carbocycles. The molecule has 0 aromatic carbocycles. The van der Waals surface area contributed by atoms with Crippen LogP contribution < -0.4 is 5.73 Å². The third kappa shape index (κ3) is 4.77. The lowest BCUT2D eigenvalue weighted by molar-refractivity contribution is 0.123. The van der Waals surface area contributed by atoms with Crippen molar-refractivity contribution in [2.75, 3.05) is 0 Å². The first-order valence-corrected chi connectivity index (χ1v) is 8.96. The van der Waals surface area contributed by atoms with Gasteiger partial charge in [-0.25, -0.2) is 0 Å². The van der Waals surface area contributed by atoms with Crippen molar-refractivity contribution in [3.05, 3.63) is 0 Å². The molecule has 0 saturated heterocycles. The minimum Gasteiger partial charge on any atom is -0.328 e. The molecule has 0 aliphatic heterocycles. The van der Waals surface area contributed by atoms with E-state index < -0.39 is 0 Å². The standard InChI is InChI=1S/C18H35N/c1-18(14-10-9-13-17(19)15-18)16-11-7-5-3-2-4-6-8-12-16/h16-17H,2-15,19H2,1H3. The molecule has 2 aliphatic carbocycles. The quantitative estimate of drug-likeness (QED) is 0.629. The van der Waals surface area contributed by atoms with E-state index >= 15 is 0 Å². The highest BCUT2D eigenvalue weighted by Gasteiger charge is 2.35. The Labute approximate surface area is 120 Å². The van der Waals surface area contributed by atoms with E-state index in [2.05, 4.69) is 6.92 Å². The number of rotatable bonds is 1. The summed E-state index contributed by atoms with van der Waals surface area (Å²) in [6, 6.07) is 0.475. The summed E-state index contributed by atoms with van der Waals surface area (Å²) in [5, 5.41) is 0. The maximum Gasteiger partial charge on any atom is 0.00441 e. The molecule has 2 unspecified atom stereocenters. The Balaban J connectivity index is 1.97. The minimum absolute atomic E-state index is 0.475. The van der Waals surface area contributed by atoms with Crippen molar-refractivity contribution >= 4 is 0 Å². The van der Waals surface area contributed by atoms with Gasteiger partial charge in [-0.2, -0.15) is 0 Å². The molecule has 112 valence electrons. The summed E-state index contributed by atoms with van der Waals surface area (Å²) in [6.07, 6.45) is 20.0. The molecule has 2 fully saturated rings. The van der Waals surface area contributed by atoms with Crippen LogP contribution in [0.5, 0.6) is 0 Å². The van der Waals surface area contributed by atoms with Gasteiger partial charge in [-0.05, 0) is 43.4 Å². The Bertz CT molecular complexity index is 240. The Morgan fingerprint density at radius 1 is 0.737 bits per heavy atom. The summed E-state index contributed by atoms with van der Waals surface area (Å²) < 4.78 is 0. The minimum atomic E-state index is 0.475. The molecule has 0 spiro atoms. The second kappa shape index (κ2) is 7.67. The fourth-order valence-electron chi connectivity index (χ4n) is 4.62. The van der Waals surface area contributed by atoms with E-state index in [4.69, 9.17) is 5.73 Å². The summed E-state index contributed by atoms with van der Waals surface area (Å²) in [5.74, 6) is 0.953. The van der Waals surface area contributed by atoms with E-state index in [9.17, 15) is 0 Å². The molecule has 0 amide bonds. The van der Waals surface area contributed by atoms with Gasteiger partial charge in [-0.1, -0.05) is 64.7 Å². The summed E-state index contributed by atoms with van der Waals surface area (Å²) in [4.78, 5) is 0. The van der Waals surface area contributed by atoms with Crippen LogP contribution in [0.1, 0.15) is 96.8 Å². The van der Waals surface area contributed by atoms with Crippen LogP contribution in [-0.2, 0) is 0 Å². The van der Waals surface area contributed by atoms with Crippen molar-refractivity contribution < 1.29 is 0 Å². The summed E-state index contributed by atoms with van der Waals surface area (Å²) in [6.45, 7) is 2.56. The molecule has 2 rings (SSSR count). The SMILES string of the molecule is CC1(C2CCCCCCCCC2)CCCCC(N)C1. The lowest BCUT2D eigenvalue weighted by Crippen LogP contribution is -2.34. The van der Waals surface area contributed by atoms with Gasteiger partial charge >= 0.3 is 0 Å². The van der Waals surface area contributed by atoms with Crippen LogP contribution in [-0.4, -0.2) is 6.04 Å². The second-order valence-electron chi connectivity index (χ2n) is 7.61. The van der Waals surface area contributed by atoms with Gasteiger partial charge in [0.15, 0.2) is 0 Å². The third-order valence-corrected chi connectivity index (χ3v) is 5.89. The van der Waals surface area contributed by atoms with Crippen molar-refractivity contribution in [3.63, 3.8) is 0 Å². The molecule has 0 aromatic heterocycles. The molecule has 1 nitrogen and oxygen atoms in total. The molecule has 2 aliphatic rings. The molecular weight excluding hydrogens is 230 g/mol. The third-order valence-electron chi connectivity index (χ3n) is 5.89. The lowest BCUT2D eigenvalue weighted by atomic mass is 9.67.